The van der Waals surface area contributed by atoms with Crippen molar-refractivity contribution in [3.05, 3.63) is 23.1 Å². The first kappa shape index (κ1) is 12.7. The molecule has 96 valence electrons. The molecule has 1 aromatic carbocycles. The zero-order chi connectivity index (χ0) is 13.1. The topological polar surface area (TPSA) is 84.6 Å². The Morgan fingerprint density at radius 1 is 1.56 bits per heavy atom. The highest BCUT2D eigenvalue weighted by Gasteiger charge is 2.16. The molecule has 18 heavy (non-hydrogen) atoms. The van der Waals surface area contributed by atoms with E-state index in [1.54, 1.807) is 13.2 Å². The Hall–Kier alpha value is -1.79. The van der Waals surface area contributed by atoms with Crippen molar-refractivity contribution in [2.24, 2.45) is 0 Å². The third-order valence-corrected chi connectivity index (χ3v) is 3.71. The summed E-state index contributed by atoms with van der Waals surface area (Å²) in [6, 6.07) is 5.49. The standard InChI is InChI=1S/C12H14N2O3S/c1-17-7-2-3-8-9(6-7)18-11(10(8)13)12(16)14-4-5-15/h2-3,6,15H,4-5,13H2,1H3,(H,14,16). The minimum absolute atomic E-state index is 0.0929. The highest BCUT2D eigenvalue weighted by molar-refractivity contribution is 7.21. The molecule has 0 saturated carbocycles. The Labute approximate surface area is 108 Å². The maximum atomic E-state index is 11.8. The average molecular weight is 266 g/mol. The molecule has 2 rings (SSSR count). The van der Waals surface area contributed by atoms with Crippen molar-refractivity contribution in [1.29, 1.82) is 0 Å². The average Bonchev–Trinajstić information content (AvgIpc) is 2.72. The van der Waals surface area contributed by atoms with E-state index >= 15 is 0 Å². The molecule has 0 radical (unpaired) electrons. The molecular weight excluding hydrogens is 252 g/mol. The molecule has 0 saturated heterocycles. The second kappa shape index (κ2) is 5.24. The van der Waals surface area contributed by atoms with Crippen molar-refractivity contribution in [3.63, 3.8) is 0 Å². The summed E-state index contributed by atoms with van der Waals surface area (Å²) in [6.07, 6.45) is 0. The lowest BCUT2D eigenvalue weighted by Crippen LogP contribution is -2.26. The number of carbonyl (C=O) groups is 1. The molecule has 0 atom stereocenters. The number of ether oxygens (including phenoxy) is 1. The third kappa shape index (κ3) is 2.25. The summed E-state index contributed by atoms with van der Waals surface area (Å²) in [6.45, 7) is 0.125. The lowest BCUT2D eigenvalue weighted by molar-refractivity contribution is 0.0949. The van der Waals surface area contributed by atoms with Crippen LogP contribution in [0.4, 0.5) is 5.69 Å². The normalized spacial score (nSPS) is 10.6. The molecule has 0 aliphatic carbocycles. The van der Waals surface area contributed by atoms with Gasteiger partial charge in [0.05, 0.1) is 19.4 Å². The van der Waals surface area contributed by atoms with Crippen molar-refractivity contribution in [1.82, 2.24) is 5.32 Å². The third-order valence-electron chi connectivity index (χ3n) is 2.54. The molecule has 6 heteroatoms. The zero-order valence-corrected chi connectivity index (χ0v) is 10.7. The van der Waals surface area contributed by atoms with Crippen LogP contribution in [-0.4, -0.2) is 31.3 Å². The molecule has 0 unspecified atom stereocenters. The van der Waals surface area contributed by atoms with E-state index in [-0.39, 0.29) is 19.1 Å². The summed E-state index contributed by atoms with van der Waals surface area (Å²) in [5.41, 5.74) is 6.42. The second-order valence-corrected chi connectivity index (χ2v) is 4.74. The predicted molar refractivity (Wildman–Crippen MR) is 72.2 cm³/mol. The van der Waals surface area contributed by atoms with Gasteiger partial charge in [-0.25, -0.2) is 0 Å². The molecule has 0 spiro atoms. The van der Waals surface area contributed by atoms with Crippen LogP contribution in [0.3, 0.4) is 0 Å². The quantitative estimate of drug-likeness (QED) is 0.776. The van der Waals surface area contributed by atoms with Crippen LogP contribution in [0.25, 0.3) is 10.1 Å². The Balaban J connectivity index is 2.40. The fourth-order valence-corrected chi connectivity index (χ4v) is 2.71. The zero-order valence-electron chi connectivity index (χ0n) is 9.90. The van der Waals surface area contributed by atoms with Gasteiger partial charge in [-0.15, -0.1) is 11.3 Å². The van der Waals surface area contributed by atoms with E-state index in [2.05, 4.69) is 5.32 Å². The van der Waals surface area contributed by atoms with Crippen LogP contribution in [0.15, 0.2) is 18.2 Å². The molecule has 0 aliphatic heterocycles. The number of benzene rings is 1. The van der Waals surface area contributed by atoms with Crippen molar-refractivity contribution < 1.29 is 14.6 Å². The van der Waals surface area contributed by atoms with Gasteiger partial charge < -0.3 is 20.9 Å². The van der Waals surface area contributed by atoms with Crippen molar-refractivity contribution in [2.45, 2.75) is 0 Å². The van der Waals surface area contributed by atoms with Gasteiger partial charge in [0.15, 0.2) is 0 Å². The van der Waals surface area contributed by atoms with E-state index in [1.165, 1.54) is 11.3 Å². The maximum Gasteiger partial charge on any atom is 0.263 e. The Morgan fingerprint density at radius 3 is 3.00 bits per heavy atom. The van der Waals surface area contributed by atoms with Crippen LogP contribution in [0, 0.1) is 0 Å². The van der Waals surface area contributed by atoms with Gasteiger partial charge in [-0.2, -0.15) is 0 Å². The van der Waals surface area contributed by atoms with Gasteiger partial charge in [-0.05, 0) is 18.2 Å². The van der Waals surface area contributed by atoms with Crippen molar-refractivity contribution >= 4 is 33.0 Å². The molecule has 5 nitrogen and oxygen atoms in total. The van der Waals surface area contributed by atoms with Gasteiger partial charge in [-0.3, -0.25) is 4.79 Å². The minimum Gasteiger partial charge on any atom is -0.497 e. The van der Waals surface area contributed by atoms with Crippen LogP contribution >= 0.6 is 11.3 Å². The number of anilines is 1. The van der Waals surface area contributed by atoms with E-state index in [0.717, 1.165) is 15.8 Å². The second-order valence-electron chi connectivity index (χ2n) is 3.69. The molecule has 0 aliphatic rings. The summed E-state index contributed by atoms with van der Waals surface area (Å²) < 4.78 is 6.03. The maximum absolute atomic E-state index is 11.8. The van der Waals surface area contributed by atoms with Crippen molar-refractivity contribution in [2.75, 3.05) is 26.0 Å². The molecule has 2 aromatic rings. The summed E-state index contributed by atoms with van der Waals surface area (Å²) in [5.74, 6) is 0.466. The number of nitrogen functional groups attached to an aromatic ring is 1. The first-order chi connectivity index (χ1) is 8.67. The first-order valence-corrected chi connectivity index (χ1v) is 6.24. The number of nitrogens with two attached hydrogens (primary N) is 1. The molecule has 1 heterocycles. The SMILES string of the molecule is COc1ccc2c(N)c(C(=O)NCCO)sc2c1. The van der Waals surface area contributed by atoms with Gasteiger partial charge in [0.1, 0.15) is 10.6 Å². The van der Waals surface area contributed by atoms with E-state index in [4.69, 9.17) is 15.6 Å². The van der Waals surface area contributed by atoms with Crippen LogP contribution in [0.2, 0.25) is 0 Å². The van der Waals surface area contributed by atoms with Gasteiger partial charge >= 0.3 is 0 Å². The smallest absolute Gasteiger partial charge is 0.263 e. The molecular formula is C12H14N2O3S. The van der Waals surface area contributed by atoms with E-state index < -0.39 is 0 Å². The first-order valence-electron chi connectivity index (χ1n) is 5.42. The number of nitrogens with one attached hydrogen (secondary N) is 1. The molecule has 0 bridgehead atoms. The number of carbonyl (C=O) groups excluding carboxylic acids is 1. The van der Waals surface area contributed by atoms with E-state index in [9.17, 15) is 4.79 Å². The molecule has 4 N–H and O–H groups in total. The number of aliphatic hydroxyl groups excluding tert-OH is 1. The Bertz CT molecular complexity index is 580. The lowest BCUT2D eigenvalue weighted by atomic mass is 10.2. The number of aliphatic hydroxyl groups is 1. The van der Waals surface area contributed by atoms with Crippen LogP contribution in [0.5, 0.6) is 5.75 Å². The lowest BCUT2D eigenvalue weighted by Gasteiger charge is -2.01. The molecule has 1 aromatic heterocycles. The number of hydrogen-bond acceptors (Lipinski definition) is 5. The van der Waals surface area contributed by atoms with Gasteiger partial charge in [0, 0.05) is 16.6 Å². The molecule has 0 fully saturated rings. The van der Waals surface area contributed by atoms with Crippen LogP contribution in [0.1, 0.15) is 9.67 Å². The van der Waals surface area contributed by atoms with E-state index in [1.807, 2.05) is 12.1 Å². The fourth-order valence-electron chi connectivity index (χ4n) is 1.64. The number of fused-ring (bicyclic) bond motifs is 1. The number of thiophene rings is 1. The molecule has 1 amide bonds. The number of amides is 1. The monoisotopic (exact) mass is 266 g/mol. The fraction of sp³-hybridized carbons (Fsp3) is 0.250. The van der Waals surface area contributed by atoms with Gasteiger partial charge in [-0.1, -0.05) is 0 Å². The predicted octanol–water partition coefficient (Wildman–Crippen LogP) is 1.21. The number of rotatable bonds is 4. The number of hydrogen-bond donors (Lipinski definition) is 3. The van der Waals surface area contributed by atoms with E-state index in [0.29, 0.717) is 10.6 Å². The Morgan fingerprint density at radius 2 is 2.33 bits per heavy atom. The van der Waals surface area contributed by atoms with Crippen molar-refractivity contribution in [3.8, 4) is 5.75 Å². The summed E-state index contributed by atoms with van der Waals surface area (Å²) in [7, 11) is 1.59. The summed E-state index contributed by atoms with van der Waals surface area (Å²) in [4.78, 5) is 12.3. The summed E-state index contributed by atoms with van der Waals surface area (Å²) >= 11 is 1.31. The highest BCUT2D eigenvalue weighted by atomic mass is 32.1. The minimum atomic E-state index is -0.262. The Kier molecular flexibility index (Phi) is 3.69. The summed E-state index contributed by atoms with van der Waals surface area (Å²) in [5, 5.41) is 12.1. The highest BCUT2D eigenvalue weighted by Crippen LogP contribution is 2.35. The van der Waals surface area contributed by atoms with Gasteiger partial charge in [0.25, 0.3) is 5.91 Å². The van der Waals surface area contributed by atoms with Gasteiger partial charge in [0.2, 0.25) is 0 Å². The van der Waals surface area contributed by atoms with Crippen LogP contribution < -0.4 is 15.8 Å². The largest absolute Gasteiger partial charge is 0.497 e. The van der Waals surface area contributed by atoms with Crippen LogP contribution in [-0.2, 0) is 0 Å². The number of methoxy groups -OCH3 is 1.